The van der Waals surface area contributed by atoms with Crippen molar-refractivity contribution in [2.24, 2.45) is 5.10 Å². The molecule has 0 aliphatic carbocycles. The van der Waals surface area contributed by atoms with Crippen molar-refractivity contribution in [3.63, 3.8) is 0 Å². The average Bonchev–Trinajstić information content (AvgIpc) is 3.22. The third-order valence-corrected chi connectivity index (χ3v) is 4.91. The number of nitrogens with zero attached hydrogens (tertiary/aromatic N) is 4. The fourth-order valence-electron chi connectivity index (χ4n) is 2.94. The fourth-order valence-corrected chi connectivity index (χ4v) is 3.30. The van der Waals surface area contributed by atoms with Gasteiger partial charge in [-0.05, 0) is 54.6 Å². The van der Waals surface area contributed by atoms with Crippen molar-refractivity contribution < 1.29 is 4.42 Å². The summed E-state index contributed by atoms with van der Waals surface area (Å²) in [5.74, 6) is 1.73. The van der Waals surface area contributed by atoms with E-state index >= 15 is 0 Å². The Kier molecular flexibility index (Phi) is 5.10. The number of fused-ring (bicyclic) bond motifs is 1. The first-order chi connectivity index (χ1) is 14.1. The maximum atomic E-state index is 12.9. The molecule has 0 aliphatic rings. The Morgan fingerprint density at radius 2 is 2.00 bits per heavy atom. The summed E-state index contributed by atoms with van der Waals surface area (Å²) in [6, 6.07) is 18.2. The molecule has 0 spiro atoms. The quantitative estimate of drug-likeness (QED) is 0.423. The number of aryl methyl sites for hydroxylation is 1. The summed E-state index contributed by atoms with van der Waals surface area (Å²) < 4.78 is 7.92. The van der Waals surface area contributed by atoms with E-state index in [0.717, 1.165) is 10.0 Å². The lowest BCUT2D eigenvalue weighted by Crippen LogP contribution is -2.22. The Morgan fingerprint density at radius 3 is 2.72 bits per heavy atom. The van der Waals surface area contributed by atoms with Crippen LogP contribution >= 0.6 is 15.9 Å². The fraction of sp³-hybridized carbons (Fsp3) is 0.0909. The minimum absolute atomic E-state index is 0.233. The molecule has 0 aliphatic heterocycles. The molecule has 0 saturated carbocycles. The van der Waals surface area contributed by atoms with Gasteiger partial charge in [-0.2, -0.15) is 15.0 Å². The molecule has 0 unspecified atom stereocenters. The van der Waals surface area contributed by atoms with Crippen LogP contribution in [0.15, 0.2) is 73.4 Å². The van der Waals surface area contributed by atoms with Crippen LogP contribution in [0.1, 0.15) is 24.1 Å². The van der Waals surface area contributed by atoms with Crippen molar-refractivity contribution in [3.05, 3.63) is 86.6 Å². The van der Waals surface area contributed by atoms with Gasteiger partial charge in [0.2, 0.25) is 0 Å². The van der Waals surface area contributed by atoms with E-state index in [1.807, 2.05) is 37.3 Å². The van der Waals surface area contributed by atoms with Gasteiger partial charge in [0.15, 0.2) is 0 Å². The number of benzene rings is 2. The zero-order valence-corrected chi connectivity index (χ0v) is 17.0. The lowest BCUT2D eigenvalue weighted by Gasteiger charge is -2.07. The lowest BCUT2D eigenvalue weighted by atomic mass is 10.1. The Labute approximate surface area is 174 Å². The Morgan fingerprint density at radius 1 is 1.21 bits per heavy atom. The third-order valence-electron chi connectivity index (χ3n) is 4.42. The molecule has 2 heterocycles. The van der Waals surface area contributed by atoms with Crippen LogP contribution in [0.25, 0.3) is 22.2 Å². The van der Waals surface area contributed by atoms with Crippen LogP contribution in [0.5, 0.6) is 0 Å². The summed E-state index contributed by atoms with van der Waals surface area (Å²) in [5, 5.41) is 13.7. The molecule has 0 atom stereocenters. The first kappa shape index (κ1) is 18.8. The molecule has 0 bridgehead atoms. The Bertz CT molecular complexity index is 1330. The van der Waals surface area contributed by atoms with Crippen LogP contribution in [0.2, 0.25) is 0 Å². The van der Waals surface area contributed by atoms with Gasteiger partial charge in [0.05, 0.1) is 28.8 Å². The van der Waals surface area contributed by atoms with E-state index in [0.29, 0.717) is 40.2 Å². The number of furan rings is 1. The van der Waals surface area contributed by atoms with Gasteiger partial charge in [-0.1, -0.05) is 22.9 Å². The van der Waals surface area contributed by atoms with E-state index in [1.165, 1.54) is 10.9 Å². The minimum Gasteiger partial charge on any atom is -0.455 e. The second kappa shape index (κ2) is 7.86. The number of hydrogen-bond acceptors (Lipinski definition) is 5. The van der Waals surface area contributed by atoms with Crippen LogP contribution in [0, 0.1) is 11.3 Å². The SMILES string of the molecule is CCc1nc2ccc(Br)cc2c(=O)n1N=Cc1ccc(-c2ccc(C#N)cc2)o1. The highest BCUT2D eigenvalue weighted by molar-refractivity contribution is 9.10. The second-order valence-corrected chi connectivity index (χ2v) is 7.21. The zero-order chi connectivity index (χ0) is 20.4. The molecule has 6 nitrogen and oxygen atoms in total. The largest absolute Gasteiger partial charge is 0.455 e. The topological polar surface area (TPSA) is 84.2 Å². The van der Waals surface area contributed by atoms with Gasteiger partial charge in [-0.3, -0.25) is 4.79 Å². The van der Waals surface area contributed by atoms with Crippen molar-refractivity contribution in [3.8, 4) is 17.4 Å². The smallest absolute Gasteiger partial charge is 0.282 e. The molecule has 4 rings (SSSR count). The van der Waals surface area contributed by atoms with E-state index in [-0.39, 0.29) is 5.56 Å². The number of rotatable bonds is 4. The highest BCUT2D eigenvalue weighted by Crippen LogP contribution is 2.22. The summed E-state index contributed by atoms with van der Waals surface area (Å²) in [6.07, 6.45) is 2.06. The van der Waals surface area contributed by atoms with Crippen LogP contribution in [0.4, 0.5) is 0 Å². The monoisotopic (exact) mass is 446 g/mol. The van der Waals surface area contributed by atoms with E-state index in [1.54, 1.807) is 24.3 Å². The maximum absolute atomic E-state index is 12.9. The summed E-state index contributed by atoms with van der Waals surface area (Å²) in [4.78, 5) is 17.4. The summed E-state index contributed by atoms with van der Waals surface area (Å²) in [6.45, 7) is 1.92. The van der Waals surface area contributed by atoms with Crippen molar-refractivity contribution >= 4 is 33.0 Å². The van der Waals surface area contributed by atoms with Crippen molar-refractivity contribution in [2.75, 3.05) is 0 Å². The summed E-state index contributed by atoms with van der Waals surface area (Å²) >= 11 is 3.39. The molecule has 2 aromatic heterocycles. The van der Waals surface area contributed by atoms with Crippen LogP contribution in [-0.4, -0.2) is 15.9 Å². The first-order valence-corrected chi connectivity index (χ1v) is 9.74. The van der Waals surface area contributed by atoms with E-state index < -0.39 is 0 Å². The van der Waals surface area contributed by atoms with Crippen LogP contribution < -0.4 is 5.56 Å². The Hall–Kier alpha value is -3.50. The molecular formula is C22H15BrN4O2. The third kappa shape index (κ3) is 3.75. The van der Waals surface area contributed by atoms with Gasteiger partial charge in [0.1, 0.15) is 17.3 Å². The molecule has 0 radical (unpaired) electrons. The van der Waals surface area contributed by atoms with Crippen molar-refractivity contribution in [2.45, 2.75) is 13.3 Å². The van der Waals surface area contributed by atoms with Crippen molar-refractivity contribution in [1.29, 1.82) is 5.26 Å². The normalized spacial score (nSPS) is 11.2. The van der Waals surface area contributed by atoms with Gasteiger partial charge in [0, 0.05) is 16.5 Å². The molecule has 4 aromatic rings. The molecule has 142 valence electrons. The highest BCUT2D eigenvalue weighted by atomic mass is 79.9. The minimum atomic E-state index is -0.233. The second-order valence-electron chi connectivity index (χ2n) is 6.30. The van der Waals surface area contributed by atoms with Gasteiger partial charge in [0.25, 0.3) is 5.56 Å². The maximum Gasteiger partial charge on any atom is 0.282 e. The number of hydrogen-bond donors (Lipinski definition) is 0. The van der Waals surface area contributed by atoms with E-state index in [2.05, 4.69) is 32.1 Å². The van der Waals surface area contributed by atoms with Gasteiger partial charge >= 0.3 is 0 Å². The van der Waals surface area contributed by atoms with Crippen molar-refractivity contribution in [1.82, 2.24) is 9.66 Å². The number of halogens is 1. The molecule has 0 N–H and O–H groups in total. The zero-order valence-electron chi connectivity index (χ0n) is 15.5. The molecule has 0 fully saturated rings. The van der Waals surface area contributed by atoms with Crippen LogP contribution in [0.3, 0.4) is 0 Å². The van der Waals surface area contributed by atoms with Gasteiger partial charge < -0.3 is 4.42 Å². The predicted octanol–water partition coefficient (Wildman–Crippen LogP) is 4.74. The molecule has 2 aromatic carbocycles. The van der Waals surface area contributed by atoms with E-state index in [9.17, 15) is 4.79 Å². The average molecular weight is 447 g/mol. The molecular weight excluding hydrogens is 432 g/mol. The lowest BCUT2D eigenvalue weighted by molar-refractivity contribution is 0.573. The molecule has 0 saturated heterocycles. The number of nitriles is 1. The predicted molar refractivity (Wildman–Crippen MR) is 115 cm³/mol. The summed E-state index contributed by atoms with van der Waals surface area (Å²) in [5.41, 5.74) is 1.85. The molecule has 0 amide bonds. The Balaban J connectivity index is 1.70. The standard InChI is InChI=1S/C22H15BrN4O2/c1-2-21-26-19-9-7-16(23)11-18(19)22(28)27(21)25-13-17-8-10-20(29-17)15-5-3-14(12-24)4-6-15/h3-11,13H,2H2,1H3. The molecule has 29 heavy (non-hydrogen) atoms. The van der Waals surface area contributed by atoms with Crippen LogP contribution in [-0.2, 0) is 6.42 Å². The number of aromatic nitrogens is 2. The summed E-state index contributed by atoms with van der Waals surface area (Å²) in [7, 11) is 0. The van der Waals surface area contributed by atoms with E-state index in [4.69, 9.17) is 9.68 Å². The van der Waals surface area contributed by atoms with Gasteiger partial charge in [-0.15, -0.1) is 0 Å². The van der Waals surface area contributed by atoms with Gasteiger partial charge in [-0.25, -0.2) is 4.98 Å². The molecule has 7 heteroatoms. The first-order valence-electron chi connectivity index (χ1n) is 8.95. The highest BCUT2D eigenvalue weighted by Gasteiger charge is 2.10.